The highest BCUT2D eigenvalue weighted by Gasteiger charge is 2.12. The number of rotatable bonds is 6. The molecule has 0 bridgehead atoms. The summed E-state index contributed by atoms with van der Waals surface area (Å²) in [7, 11) is 0. The number of thioether (sulfide) groups is 1. The molecular weight excluding hydrogens is 374 g/mol. The van der Waals surface area contributed by atoms with Gasteiger partial charge in [0.05, 0.1) is 11.4 Å². The number of hydrogen-bond donors (Lipinski definition) is 1. The monoisotopic (exact) mass is 386 g/mol. The Labute approximate surface area is 139 Å². The lowest BCUT2D eigenvalue weighted by molar-refractivity contribution is -0.113. The first-order valence-electron chi connectivity index (χ1n) is 6.48. The summed E-state index contributed by atoms with van der Waals surface area (Å²) in [5.41, 5.74) is 0.916. The number of aromatic nitrogens is 1. The van der Waals surface area contributed by atoms with Gasteiger partial charge in [-0.2, -0.15) is 11.8 Å². The molecule has 3 nitrogen and oxygen atoms in total. The molecule has 0 radical (unpaired) electrons. The van der Waals surface area contributed by atoms with Crippen LogP contribution >= 0.6 is 27.7 Å². The second-order valence-corrected chi connectivity index (χ2v) is 6.38. The molecule has 0 aliphatic rings. The maximum absolute atomic E-state index is 13.6. The van der Waals surface area contributed by atoms with E-state index in [-0.39, 0.29) is 21.8 Å². The van der Waals surface area contributed by atoms with E-state index in [9.17, 15) is 13.6 Å². The van der Waals surface area contributed by atoms with Gasteiger partial charge in [0.2, 0.25) is 5.91 Å². The second-order valence-electron chi connectivity index (χ2n) is 4.42. The Hall–Kier alpha value is -1.47. The molecule has 1 heterocycles. The van der Waals surface area contributed by atoms with Gasteiger partial charge in [0.25, 0.3) is 0 Å². The average Bonchev–Trinajstić information content (AvgIpc) is 2.48. The molecule has 0 saturated heterocycles. The van der Waals surface area contributed by atoms with E-state index in [0.717, 1.165) is 30.0 Å². The van der Waals surface area contributed by atoms with Gasteiger partial charge in [-0.15, -0.1) is 0 Å². The van der Waals surface area contributed by atoms with E-state index in [1.54, 1.807) is 6.20 Å². The Morgan fingerprint density at radius 1 is 1.32 bits per heavy atom. The molecular formula is C15H13BrF2N2OS. The molecule has 0 spiro atoms. The van der Waals surface area contributed by atoms with Crippen LogP contribution in [0.5, 0.6) is 0 Å². The molecule has 0 aliphatic carbocycles. The summed E-state index contributed by atoms with van der Waals surface area (Å²) in [6, 6.07) is 7.51. The molecule has 22 heavy (non-hydrogen) atoms. The molecule has 1 aromatic carbocycles. The van der Waals surface area contributed by atoms with E-state index in [1.165, 1.54) is 11.8 Å². The van der Waals surface area contributed by atoms with Crippen LogP contribution in [0.3, 0.4) is 0 Å². The fourth-order valence-electron chi connectivity index (χ4n) is 1.72. The van der Waals surface area contributed by atoms with E-state index >= 15 is 0 Å². The van der Waals surface area contributed by atoms with Gasteiger partial charge in [-0.3, -0.25) is 9.78 Å². The van der Waals surface area contributed by atoms with E-state index < -0.39 is 11.6 Å². The minimum atomic E-state index is -0.807. The van der Waals surface area contributed by atoms with Crippen LogP contribution in [0.2, 0.25) is 0 Å². The van der Waals surface area contributed by atoms with Crippen molar-refractivity contribution in [3.63, 3.8) is 0 Å². The molecule has 7 heteroatoms. The number of pyridine rings is 1. The standard InChI is InChI=1S/C15H13BrF2N2OS/c16-12-7-10(17)8-13(18)15(12)20-14(21)9-22-6-4-11-3-1-2-5-19-11/h1-3,5,7-8H,4,6,9H2,(H,20,21). The normalized spacial score (nSPS) is 10.5. The number of benzene rings is 1. The van der Waals surface area contributed by atoms with Crippen LogP contribution in [0.15, 0.2) is 41.0 Å². The minimum absolute atomic E-state index is 0.0447. The zero-order chi connectivity index (χ0) is 15.9. The van der Waals surface area contributed by atoms with Crippen LogP contribution in [0.25, 0.3) is 0 Å². The van der Waals surface area contributed by atoms with Crippen molar-refractivity contribution >= 4 is 39.3 Å². The molecule has 0 atom stereocenters. The average molecular weight is 387 g/mol. The SMILES string of the molecule is O=C(CSCCc1ccccn1)Nc1c(F)cc(F)cc1Br. The number of amides is 1. The molecule has 0 aliphatic heterocycles. The van der Waals surface area contributed by atoms with Crippen LogP contribution in [0.1, 0.15) is 5.69 Å². The molecule has 0 saturated carbocycles. The number of carbonyl (C=O) groups excluding carboxylic acids is 1. The van der Waals surface area contributed by atoms with E-state index in [1.807, 2.05) is 18.2 Å². The lowest BCUT2D eigenvalue weighted by Crippen LogP contribution is -2.16. The van der Waals surface area contributed by atoms with Crippen molar-refractivity contribution in [2.75, 3.05) is 16.8 Å². The fraction of sp³-hybridized carbons (Fsp3) is 0.200. The highest BCUT2D eigenvalue weighted by molar-refractivity contribution is 9.10. The van der Waals surface area contributed by atoms with Crippen LogP contribution in [-0.2, 0) is 11.2 Å². The van der Waals surface area contributed by atoms with Crippen molar-refractivity contribution in [3.8, 4) is 0 Å². The Balaban J connectivity index is 1.79. The van der Waals surface area contributed by atoms with Crippen LogP contribution < -0.4 is 5.32 Å². The van der Waals surface area contributed by atoms with Gasteiger partial charge in [-0.25, -0.2) is 8.78 Å². The Kier molecular flexibility index (Phi) is 6.33. The Morgan fingerprint density at radius 2 is 2.14 bits per heavy atom. The van der Waals surface area contributed by atoms with E-state index in [4.69, 9.17) is 0 Å². The first kappa shape index (κ1) is 16.9. The molecule has 2 aromatic rings. The van der Waals surface area contributed by atoms with Crippen molar-refractivity contribution in [1.29, 1.82) is 0 Å². The van der Waals surface area contributed by atoms with Crippen molar-refractivity contribution in [3.05, 3.63) is 58.3 Å². The summed E-state index contributed by atoms with van der Waals surface area (Å²) >= 11 is 4.46. The third-order valence-corrected chi connectivity index (χ3v) is 4.32. The molecule has 1 amide bonds. The topological polar surface area (TPSA) is 42.0 Å². The molecule has 116 valence electrons. The Bertz CT molecular complexity index is 632. The zero-order valence-corrected chi connectivity index (χ0v) is 13.9. The first-order chi connectivity index (χ1) is 10.6. The second kappa shape index (κ2) is 8.24. The molecule has 1 N–H and O–H groups in total. The molecule has 0 fully saturated rings. The number of carbonyl (C=O) groups is 1. The van der Waals surface area contributed by atoms with Crippen molar-refractivity contribution in [2.45, 2.75) is 6.42 Å². The minimum Gasteiger partial charge on any atom is -0.322 e. The van der Waals surface area contributed by atoms with Crippen molar-refractivity contribution in [2.24, 2.45) is 0 Å². The maximum Gasteiger partial charge on any atom is 0.234 e. The van der Waals surface area contributed by atoms with Crippen molar-refractivity contribution < 1.29 is 13.6 Å². The largest absolute Gasteiger partial charge is 0.322 e. The quantitative estimate of drug-likeness (QED) is 0.761. The van der Waals surface area contributed by atoms with Gasteiger partial charge in [-0.1, -0.05) is 6.07 Å². The van der Waals surface area contributed by atoms with Gasteiger partial charge < -0.3 is 5.32 Å². The third-order valence-electron chi connectivity index (χ3n) is 2.73. The molecule has 0 unspecified atom stereocenters. The number of nitrogens with zero attached hydrogens (tertiary/aromatic N) is 1. The van der Waals surface area contributed by atoms with Gasteiger partial charge in [0.1, 0.15) is 5.82 Å². The summed E-state index contributed by atoms with van der Waals surface area (Å²) < 4.78 is 26.7. The highest BCUT2D eigenvalue weighted by atomic mass is 79.9. The fourth-order valence-corrected chi connectivity index (χ4v) is 2.99. The first-order valence-corrected chi connectivity index (χ1v) is 8.43. The Morgan fingerprint density at radius 3 is 2.82 bits per heavy atom. The van der Waals surface area contributed by atoms with Gasteiger partial charge >= 0.3 is 0 Å². The van der Waals surface area contributed by atoms with Crippen LogP contribution in [0.4, 0.5) is 14.5 Å². The number of aryl methyl sites for hydroxylation is 1. The molecule has 1 aromatic heterocycles. The lowest BCUT2D eigenvalue weighted by atomic mass is 10.3. The summed E-state index contributed by atoms with van der Waals surface area (Å²) in [5, 5.41) is 2.44. The van der Waals surface area contributed by atoms with Crippen LogP contribution in [0, 0.1) is 11.6 Å². The smallest absolute Gasteiger partial charge is 0.234 e. The number of hydrogen-bond acceptors (Lipinski definition) is 3. The van der Waals surface area contributed by atoms with Crippen molar-refractivity contribution in [1.82, 2.24) is 4.98 Å². The summed E-state index contributed by atoms with van der Waals surface area (Å²) in [6.07, 6.45) is 2.48. The third kappa shape index (κ3) is 5.06. The molecule has 2 rings (SSSR count). The number of halogens is 3. The van der Waals surface area contributed by atoms with Gasteiger partial charge in [0, 0.05) is 22.4 Å². The predicted molar refractivity (Wildman–Crippen MR) is 88.0 cm³/mol. The van der Waals surface area contributed by atoms with E-state index in [0.29, 0.717) is 0 Å². The number of nitrogens with one attached hydrogen (secondary N) is 1. The number of anilines is 1. The van der Waals surface area contributed by atoms with Crippen LogP contribution in [-0.4, -0.2) is 22.4 Å². The van der Waals surface area contributed by atoms with Gasteiger partial charge in [0.15, 0.2) is 5.82 Å². The predicted octanol–water partition coefficient (Wildman–Crippen LogP) is 4.04. The summed E-state index contributed by atoms with van der Waals surface area (Å²) in [6.45, 7) is 0. The maximum atomic E-state index is 13.6. The zero-order valence-electron chi connectivity index (χ0n) is 11.5. The lowest BCUT2D eigenvalue weighted by Gasteiger charge is -2.08. The highest BCUT2D eigenvalue weighted by Crippen LogP contribution is 2.27. The van der Waals surface area contributed by atoms with Gasteiger partial charge in [-0.05, 0) is 46.3 Å². The summed E-state index contributed by atoms with van der Waals surface area (Å²) in [4.78, 5) is 16.0. The van der Waals surface area contributed by atoms with E-state index in [2.05, 4.69) is 26.2 Å². The summed E-state index contributed by atoms with van der Waals surface area (Å²) in [5.74, 6) is -0.920.